The number of aromatic nitrogens is 2. The number of nitrogens with zero attached hydrogens (tertiary/aromatic N) is 2. The highest BCUT2D eigenvalue weighted by Gasteiger charge is 2.52. The van der Waals surface area contributed by atoms with Crippen LogP contribution in [0.5, 0.6) is 6.01 Å². The van der Waals surface area contributed by atoms with Crippen molar-refractivity contribution in [1.82, 2.24) is 9.55 Å². The third kappa shape index (κ3) is 2.95. The Labute approximate surface area is 145 Å². The molecule has 3 heterocycles. The fraction of sp³-hybridized carbons (Fsp3) is 0.444. The lowest BCUT2D eigenvalue weighted by molar-refractivity contribution is -0.154. The second-order valence-electron chi connectivity index (χ2n) is 6.27. The van der Waals surface area contributed by atoms with Crippen LogP contribution in [0.1, 0.15) is 17.2 Å². The number of rotatable bonds is 5. The second kappa shape index (κ2) is 6.59. The first kappa shape index (κ1) is 16.3. The number of hydrogen-bond donors (Lipinski definition) is 0. The van der Waals surface area contributed by atoms with Crippen LogP contribution < -0.4 is 10.3 Å². The van der Waals surface area contributed by atoms with Crippen LogP contribution in [0.2, 0.25) is 0 Å². The Bertz CT molecular complexity index is 807. The molecule has 2 aliphatic heterocycles. The molecule has 0 bridgehead atoms. The van der Waals surface area contributed by atoms with Crippen molar-refractivity contribution in [3.63, 3.8) is 0 Å². The lowest BCUT2D eigenvalue weighted by Crippen LogP contribution is -2.30. The minimum Gasteiger partial charge on any atom is -0.453 e. The van der Waals surface area contributed by atoms with Crippen LogP contribution >= 0.6 is 0 Å². The van der Waals surface area contributed by atoms with Gasteiger partial charge in [-0.25, -0.2) is 0 Å². The van der Waals surface area contributed by atoms with Gasteiger partial charge in [-0.05, 0) is 12.5 Å². The molecule has 1 fully saturated rings. The Hall–Kier alpha value is -2.22. The predicted molar refractivity (Wildman–Crippen MR) is 88.5 cm³/mol. The highest BCUT2D eigenvalue weighted by atomic mass is 16.7. The first-order chi connectivity index (χ1) is 12.2. The minimum absolute atomic E-state index is 0.137. The molecular weight excluding hydrogens is 324 g/mol. The summed E-state index contributed by atoms with van der Waals surface area (Å²) in [5.74, 6) is 0. The zero-order valence-electron chi connectivity index (χ0n) is 14.1. The van der Waals surface area contributed by atoms with Crippen molar-refractivity contribution in [3.8, 4) is 6.01 Å². The second-order valence-corrected chi connectivity index (χ2v) is 6.27. The number of fused-ring (bicyclic) bond motifs is 3. The van der Waals surface area contributed by atoms with E-state index in [1.54, 1.807) is 20.2 Å². The zero-order valence-corrected chi connectivity index (χ0v) is 14.1. The van der Waals surface area contributed by atoms with E-state index in [9.17, 15) is 4.79 Å². The molecule has 25 heavy (non-hydrogen) atoms. The fourth-order valence-electron chi connectivity index (χ4n) is 3.33. The molecular formula is C18H20N2O5. The Balaban J connectivity index is 1.52. The molecule has 1 aromatic heterocycles. The van der Waals surface area contributed by atoms with Crippen LogP contribution in [-0.4, -0.2) is 41.8 Å². The first-order valence-electron chi connectivity index (χ1n) is 8.24. The Morgan fingerprint density at radius 2 is 2.08 bits per heavy atom. The average Bonchev–Trinajstić information content (AvgIpc) is 3.14. The van der Waals surface area contributed by atoms with Gasteiger partial charge in [0, 0.05) is 18.9 Å². The molecule has 0 N–H and O–H groups in total. The average molecular weight is 344 g/mol. The van der Waals surface area contributed by atoms with Crippen molar-refractivity contribution in [2.75, 3.05) is 13.7 Å². The molecule has 7 heteroatoms. The summed E-state index contributed by atoms with van der Waals surface area (Å²) in [7, 11) is 1.57. The highest BCUT2D eigenvalue weighted by Crippen LogP contribution is 2.41. The van der Waals surface area contributed by atoms with Gasteiger partial charge in [-0.15, -0.1) is 0 Å². The van der Waals surface area contributed by atoms with E-state index in [1.165, 1.54) is 0 Å². The van der Waals surface area contributed by atoms with Crippen molar-refractivity contribution in [2.24, 2.45) is 0 Å². The summed E-state index contributed by atoms with van der Waals surface area (Å²) < 4.78 is 24.8. The lowest BCUT2D eigenvalue weighted by atomic mass is 10.1. The van der Waals surface area contributed by atoms with E-state index in [-0.39, 0.29) is 23.8 Å². The molecule has 0 aliphatic carbocycles. The molecule has 4 atom stereocenters. The summed E-state index contributed by atoms with van der Waals surface area (Å²) in [5.41, 5.74) is 1.39. The van der Waals surface area contributed by atoms with E-state index in [2.05, 4.69) is 4.98 Å². The predicted octanol–water partition coefficient (Wildman–Crippen LogP) is 1.44. The summed E-state index contributed by atoms with van der Waals surface area (Å²) in [5, 5.41) is 0. The molecule has 0 unspecified atom stereocenters. The molecule has 132 valence electrons. The van der Waals surface area contributed by atoms with Crippen LogP contribution in [0, 0.1) is 6.92 Å². The summed E-state index contributed by atoms with van der Waals surface area (Å²) >= 11 is 0. The standard InChI is InChI=1S/C18H20N2O5/c1-11-8-20-14-13(10-23-9-12-6-4-3-5-7-12)24-17(22-2)15(14)25-18(20)19-16(11)21/h3-8,13-15,17H,9-10H2,1-2H3/t13-,14+,15+,17+/m1/s1. The summed E-state index contributed by atoms with van der Waals surface area (Å²) in [6, 6.07) is 10.1. The quantitative estimate of drug-likeness (QED) is 0.817. The summed E-state index contributed by atoms with van der Waals surface area (Å²) in [6.07, 6.45) is 0.654. The third-order valence-corrected chi connectivity index (χ3v) is 4.57. The molecule has 7 nitrogen and oxygen atoms in total. The SMILES string of the molecule is CO[C@H]1O[C@H](COCc2ccccc2)[C@H]2[C@@H]1Oc1nc(=O)c(C)cn12. The van der Waals surface area contributed by atoms with E-state index in [0.29, 0.717) is 24.8 Å². The number of benzene rings is 1. The van der Waals surface area contributed by atoms with Crippen LogP contribution in [-0.2, 0) is 20.8 Å². The van der Waals surface area contributed by atoms with E-state index in [4.69, 9.17) is 18.9 Å². The van der Waals surface area contributed by atoms with E-state index < -0.39 is 6.29 Å². The van der Waals surface area contributed by atoms with Gasteiger partial charge >= 0.3 is 6.01 Å². The van der Waals surface area contributed by atoms with Gasteiger partial charge in [-0.3, -0.25) is 9.36 Å². The largest absolute Gasteiger partial charge is 0.453 e. The number of methoxy groups -OCH3 is 1. The molecule has 1 aromatic carbocycles. The van der Waals surface area contributed by atoms with Crippen molar-refractivity contribution >= 4 is 0 Å². The van der Waals surface area contributed by atoms with Gasteiger partial charge in [0.2, 0.25) is 0 Å². The number of aryl methyl sites for hydroxylation is 1. The third-order valence-electron chi connectivity index (χ3n) is 4.57. The molecule has 4 rings (SSSR count). The maximum absolute atomic E-state index is 11.8. The Morgan fingerprint density at radius 1 is 1.28 bits per heavy atom. The first-order valence-corrected chi connectivity index (χ1v) is 8.24. The summed E-state index contributed by atoms with van der Waals surface area (Å²) in [6.45, 7) is 2.63. The maximum atomic E-state index is 11.8. The van der Waals surface area contributed by atoms with E-state index in [1.807, 2.05) is 34.9 Å². The van der Waals surface area contributed by atoms with Crippen molar-refractivity contribution < 1.29 is 18.9 Å². The maximum Gasteiger partial charge on any atom is 0.300 e. The monoisotopic (exact) mass is 344 g/mol. The van der Waals surface area contributed by atoms with Gasteiger partial charge in [0.05, 0.1) is 13.2 Å². The van der Waals surface area contributed by atoms with E-state index >= 15 is 0 Å². The molecule has 2 aliphatic rings. The Kier molecular flexibility index (Phi) is 4.29. The van der Waals surface area contributed by atoms with Crippen molar-refractivity contribution in [2.45, 2.75) is 38.1 Å². The molecule has 0 spiro atoms. The van der Waals surface area contributed by atoms with Gasteiger partial charge in [0.1, 0.15) is 12.1 Å². The van der Waals surface area contributed by atoms with Gasteiger partial charge in [-0.1, -0.05) is 30.3 Å². The van der Waals surface area contributed by atoms with E-state index in [0.717, 1.165) is 5.56 Å². The van der Waals surface area contributed by atoms with Gasteiger partial charge in [0.15, 0.2) is 12.4 Å². The lowest BCUT2D eigenvalue weighted by Gasteiger charge is -2.18. The van der Waals surface area contributed by atoms with Gasteiger partial charge in [-0.2, -0.15) is 4.98 Å². The topological polar surface area (TPSA) is 71.8 Å². The fourth-order valence-corrected chi connectivity index (χ4v) is 3.33. The molecule has 2 aromatic rings. The highest BCUT2D eigenvalue weighted by molar-refractivity contribution is 5.17. The smallest absolute Gasteiger partial charge is 0.300 e. The Morgan fingerprint density at radius 3 is 2.84 bits per heavy atom. The van der Waals surface area contributed by atoms with Crippen LogP contribution in [0.25, 0.3) is 0 Å². The number of hydrogen-bond acceptors (Lipinski definition) is 6. The molecule has 1 saturated heterocycles. The molecule has 0 radical (unpaired) electrons. The number of ether oxygens (including phenoxy) is 4. The van der Waals surface area contributed by atoms with Crippen molar-refractivity contribution in [1.29, 1.82) is 0 Å². The minimum atomic E-state index is -0.521. The van der Waals surface area contributed by atoms with Crippen LogP contribution in [0.4, 0.5) is 0 Å². The van der Waals surface area contributed by atoms with Gasteiger partial charge < -0.3 is 18.9 Å². The normalized spacial score (nSPS) is 27.0. The van der Waals surface area contributed by atoms with Crippen LogP contribution in [0.15, 0.2) is 41.3 Å². The zero-order chi connectivity index (χ0) is 17.4. The molecule has 0 saturated carbocycles. The summed E-state index contributed by atoms with van der Waals surface area (Å²) in [4.78, 5) is 15.8. The van der Waals surface area contributed by atoms with Gasteiger partial charge in [0.25, 0.3) is 5.56 Å². The van der Waals surface area contributed by atoms with Crippen molar-refractivity contribution in [3.05, 3.63) is 58.0 Å². The van der Waals surface area contributed by atoms with Crippen LogP contribution in [0.3, 0.4) is 0 Å². The molecule has 0 amide bonds.